The first-order valence-corrected chi connectivity index (χ1v) is 6.41. The minimum Gasteiger partial charge on any atom is -0.330 e. The summed E-state index contributed by atoms with van der Waals surface area (Å²) in [7, 11) is 0. The van der Waals surface area contributed by atoms with Gasteiger partial charge in [0.1, 0.15) is 5.82 Å². The molecule has 18 heavy (non-hydrogen) atoms. The highest BCUT2D eigenvalue weighted by Gasteiger charge is 2.10. The predicted molar refractivity (Wildman–Crippen MR) is 71.7 cm³/mol. The zero-order valence-electron chi connectivity index (χ0n) is 10.8. The molecule has 3 nitrogen and oxygen atoms in total. The molecule has 0 fully saturated rings. The summed E-state index contributed by atoms with van der Waals surface area (Å²) in [6.07, 6.45) is 3.16. The van der Waals surface area contributed by atoms with Gasteiger partial charge in [0, 0.05) is 6.42 Å². The molecule has 1 atom stereocenters. The Balaban J connectivity index is 2.40. The Labute approximate surface area is 108 Å². The molecule has 100 valence electrons. The number of halogens is 1. The van der Waals surface area contributed by atoms with Crippen LogP contribution >= 0.6 is 0 Å². The normalized spacial score (nSPS) is 12.2. The Hall–Kier alpha value is -1.42. The smallest absolute Gasteiger partial charge is 0.224 e. The zero-order valence-corrected chi connectivity index (χ0v) is 10.8. The number of carbonyl (C=O) groups excluding carboxylic acids is 1. The standard InChI is InChI=1S/C14H21FN2O/c1-2-11(9-10-16)7-8-14(18)17-13-6-4-3-5-12(13)15/h3-6,11H,2,7-10,16H2,1H3,(H,17,18). The topological polar surface area (TPSA) is 55.1 Å². The average molecular weight is 252 g/mol. The minimum atomic E-state index is -0.403. The van der Waals surface area contributed by atoms with Crippen molar-refractivity contribution in [2.24, 2.45) is 11.7 Å². The van der Waals surface area contributed by atoms with E-state index in [2.05, 4.69) is 12.2 Å². The number of hydrogen-bond acceptors (Lipinski definition) is 2. The molecule has 0 bridgehead atoms. The lowest BCUT2D eigenvalue weighted by Gasteiger charge is -2.13. The number of para-hydroxylation sites is 1. The van der Waals surface area contributed by atoms with Gasteiger partial charge in [0.15, 0.2) is 0 Å². The van der Waals surface area contributed by atoms with E-state index in [0.29, 0.717) is 18.9 Å². The number of anilines is 1. The lowest BCUT2D eigenvalue weighted by atomic mass is 9.96. The van der Waals surface area contributed by atoms with Crippen molar-refractivity contribution in [3.63, 3.8) is 0 Å². The van der Waals surface area contributed by atoms with Gasteiger partial charge < -0.3 is 11.1 Å². The van der Waals surface area contributed by atoms with Gasteiger partial charge in [0.05, 0.1) is 5.69 Å². The van der Waals surface area contributed by atoms with E-state index in [1.54, 1.807) is 18.2 Å². The first kappa shape index (κ1) is 14.6. The van der Waals surface area contributed by atoms with Crippen LogP contribution in [0.4, 0.5) is 10.1 Å². The van der Waals surface area contributed by atoms with Crippen molar-refractivity contribution in [3.8, 4) is 0 Å². The number of benzene rings is 1. The van der Waals surface area contributed by atoms with Crippen molar-refractivity contribution in [1.29, 1.82) is 0 Å². The average Bonchev–Trinajstić information content (AvgIpc) is 2.37. The molecule has 1 rings (SSSR count). The van der Waals surface area contributed by atoms with E-state index in [4.69, 9.17) is 5.73 Å². The first-order valence-electron chi connectivity index (χ1n) is 6.41. The quantitative estimate of drug-likeness (QED) is 0.784. The van der Waals surface area contributed by atoms with Crippen LogP contribution in [-0.4, -0.2) is 12.5 Å². The van der Waals surface area contributed by atoms with Crippen molar-refractivity contribution < 1.29 is 9.18 Å². The maximum Gasteiger partial charge on any atom is 0.224 e. The fourth-order valence-electron chi connectivity index (χ4n) is 1.90. The fourth-order valence-corrected chi connectivity index (χ4v) is 1.90. The van der Waals surface area contributed by atoms with Crippen LogP contribution in [0, 0.1) is 11.7 Å². The molecular formula is C14H21FN2O. The molecule has 3 N–H and O–H groups in total. The third-order valence-corrected chi connectivity index (χ3v) is 3.08. The van der Waals surface area contributed by atoms with Gasteiger partial charge in [-0.15, -0.1) is 0 Å². The van der Waals surface area contributed by atoms with Crippen LogP contribution in [0.3, 0.4) is 0 Å². The Morgan fingerprint density at radius 2 is 2.11 bits per heavy atom. The lowest BCUT2D eigenvalue weighted by molar-refractivity contribution is -0.116. The highest BCUT2D eigenvalue weighted by Crippen LogP contribution is 2.16. The molecule has 0 radical (unpaired) electrons. The molecule has 1 aromatic rings. The second-order valence-electron chi connectivity index (χ2n) is 4.42. The summed E-state index contributed by atoms with van der Waals surface area (Å²) in [5.41, 5.74) is 5.75. The summed E-state index contributed by atoms with van der Waals surface area (Å²) in [5, 5.41) is 2.59. The Bertz CT molecular complexity index is 382. The van der Waals surface area contributed by atoms with Crippen LogP contribution in [0.5, 0.6) is 0 Å². The summed E-state index contributed by atoms with van der Waals surface area (Å²) < 4.78 is 13.3. The van der Waals surface area contributed by atoms with Crippen LogP contribution in [0.25, 0.3) is 0 Å². The largest absolute Gasteiger partial charge is 0.330 e. The monoisotopic (exact) mass is 252 g/mol. The van der Waals surface area contributed by atoms with Crippen LogP contribution < -0.4 is 11.1 Å². The fraction of sp³-hybridized carbons (Fsp3) is 0.500. The molecule has 0 aliphatic rings. The third-order valence-electron chi connectivity index (χ3n) is 3.08. The lowest BCUT2D eigenvalue weighted by Crippen LogP contribution is -2.15. The zero-order chi connectivity index (χ0) is 13.4. The number of hydrogen-bond donors (Lipinski definition) is 2. The molecule has 1 aromatic carbocycles. The molecular weight excluding hydrogens is 231 g/mol. The van der Waals surface area contributed by atoms with Crippen molar-refractivity contribution in [2.45, 2.75) is 32.6 Å². The van der Waals surface area contributed by atoms with Gasteiger partial charge in [-0.05, 0) is 37.4 Å². The highest BCUT2D eigenvalue weighted by molar-refractivity contribution is 5.90. The molecule has 0 spiro atoms. The van der Waals surface area contributed by atoms with E-state index in [1.165, 1.54) is 6.07 Å². The maximum absolute atomic E-state index is 13.3. The van der Waals surface area contributed by atoms with Crippen LogP contribution in [-0.2, 0) is 4.79 Å². The summed E-state index contributed by atoms with van der Waals surface area (Å²) in [4.78, 5) is 11.7. The summed E-state index contributed by atoms with van der Waals surface area (Å²) in [6, 6.07) is 6.19. The SMILES string of the molecule is CCC(CCN)CCC(=O)Nc1ccccc1F. The van der Waals surface area contributed by atoms with Gasteiger partial charge >= 0.3 is 0 Å². The summed E-state index contributed by atoms with van der Waals surface area (Å²) in [5.74, 6) is -0.0724. The molecule has 1 unspecified atom stereocenters. The molecule has 0 saturated carbocycles. The number of amides is 1. The van der Waals surface area contributed by atoms with Crippen molar-refractivity contribution >= 4 is 11.6 Å². The van der Waals surface area contributed by atoms with Crippen molar-refractivity contribution in [3.05, 3.63) is 30.1 Å². The Morgan fingerprint density at radius 1 is 1.39 bits per heavy atom. The Kier molecular flexibility index (Phi) is 6.36. The highest BCUT2D eigenvalue weighted by atomic mass is 19.1. The second-order valence-corrected chi connectivity index (χ2v) is 4.42. The predicted octanol–water partition coefficient (Wildman–Crippen LogP) is 2.92. The third kappa shape index (κ3) is 4.84. The molecule has 1 amide bonds. The van der Waals surface area contributed by atoms with Crippen LogP contribution in [0.2, 0.25) is 0 Å². The molecule has 0 saturated heterocycles. The molecule has 0 aromatic heterocycles. The van der Waals surface area contributed by atoms with E-state index in [0.717, 1.165) is 19.3 Å². The van der Waals surface area contributed by atoms with Gasteiger partial charge in [-0.3, -0.25) is 4.79 Å². The summed E-state index contributed by atoms with van der Waals surface area (Å²) >= 11 is 0. The van der Waals surface area contributed by atoms with Gasteiger partial charge in [0.2, 0.25) is 5.91 Å². The number of rotatable bonds is 7. The van der Waals surface area contributed by atoms with Gasteiger partial charge in [-0.25, -0.2) is 4.39 Å². The number of carbonyl (C=O) groups is 1. The van der Waals surface area contributed by atoms with E-state index in [9.17, 15) is 9.18 Å². The van der Waals surface area contributed by atoms with Crippen molar-refractivity contribution in [1.82, 2.24) is 0 Å². The van der Waals surface area contributed by atoms with E-state index in [-0.39, 0.29) is 11.6 Å². The van der Waals surface area contributed by atoms with Gasteiger partial charge in [-0.1, -0.05) is 25.5 Å². The minimum absolute atomic E-state index is 0.143. The second kappa shape index (κ2) is 7.82. The van der Waals surface area contributed by atoms with Crippen LogP contribution in [0.1, 0.15) is 32.6 Å². The van der Waals surface area contributed by atoms with E-state index in [1.807, 2.05) is 0 Å². The Morgan fingerprint density at radius 3 is 2.72 bits per heavy atom. The maximum atomic E-state index is 13.3. The van der Waals surface area contributed by atoms with Crippen LogP contribution in [0.15, 0.2) is 24.3 Å². The first-order chi connectivity index (χ1) is 8.67. The van der Waals surface area contributed by atoms with Crippen molar-refractivity contribution in [2.75, 3.05) is 11.9 Å². The number of nitrogens with one attached hydrogen (secondary N) is 1. The molecule has 0 heterocycles. The molecule has 0 aliphatic heterocycles. The van der Waals surface area contributed by atoms with E-state index < -0.39 is 5.82 Å². The van der Waals surface area contributed by atoms with Gasteiger partial charge in [-0.2, -0.15) is 0 Å². The molecule has 4 heteroatoms. The number of nitrogens with two attached hydrogens (primary N) is 1. The van der Waals surface area contributed by atoms with E-state index >= 15 is 0 Å². The van der Waals surface area contributed by atoms with Gasteiger partial charge in [0.25, 0.3) is 0 Å². The molecule has 0 aliphatic carbocycles. The summed E-state index contributed by atoms with van der Waals surface area (Å²) in [6.45, 7) is 2.74.